The number of aromatic amines is 2. The van der Waals surface area contributed by atoms with Crippen molar-refractivity contribution in [2.75, 3.05) is 0 Å². The first kappa shape index (κ1) is 24.1. The number of carboxylic acids is 1. The van der Waals surface area contributed by atoms with Gasteiger partial charge in [-0.1, -0.05) is 24.3 Å². The molecule has 10 heteroatoms. The Kier molecular flexibility index (Phi) is 5.91. The van der Waals surface area contributed by atoms with Gasteiger partial charge in [0.25, 0.3) is 0 Å². The summed E-state index contributed by atoms with van der Waals surface area (Å²) in [6.45, 7) is 2.61. The lowest BCUT2D eigenvalue weighted by Crippen LogP contribution is -2.11. The van der Waals surface area contributed by atoms with Crippen molar-refractivity contribution in [1.82, 2.24) is 29.5 Å². The summed E-state index contributed by atoms with van der Waals surface area (Å²) in [5.41, 5.74) is 12.9. The van der Waals surface area contributed by atoms with Crippen LogP contribution in [0.2, 0.25) is 0 Å². The standard InChI is InChI=1S/C29H26N8O2/c1-16-24(32-15-37(16)14-17-6-8-18(9-7-17)29(38)39)13-20(27-33-21-4-2-3-5-22(21)34-27)28-35-23-11-10-19(26(30)31)12-25(23)36-28/h2-12,15,20H,13-14H2,1H3,(H3,30,31)(H,33,34)(H,35,36)(H,38,39). The van der Waals surface area contributed by atoms with Gasteiger partial charge in [-0.2, -0.15) is 0 Å². The zero-order valence-corrected chi connectivity index (χ0v) is 21.1. The first-order valence-corrected chi connectivity index (χ1v) is 12.5. The van der Waals surface area contributed by atoms with Crippen LogP contribution in [-0.4, -0.2) is 46.4 Å². The summed E-state index contributed by atoms with van der Waals surface area (Å²) in [4.78, 5) is 32.6. The van der Waals surface area contributed by atoms with Crippen molar-refractivity contribution in [3.63, 3.8) is 0 Å². The van der Waals surface area contributed by atoms with Gasteiger partial charge in [0.05, 0.1) is 45.6 Å². The highest BCUT2D eigenvalue weighted by molar-refractivity contribution is 5.98. The lowest BCUT2D eigenvalue weighted by molar-refractivity contribution is 0.0697. The summed E-state index contributed by atoms with van der Waals surface area (Å²) in [6.07, 6.45) is 2.36. The lowest BCUT2D eigenvalue weighted by atomic mass is 10.0. The maximum absolute atomic E-state index is 11.2. The summed E-state index contributed by atoms with van der Waals surface area (Å²) in [6, 6.07) is 20.3. The number of rotatable bonds is 8. The summed E-state index contributed by atoms with van der Waals surface area (Å²) in [7, 11) is 0. The Labute approximate surface area is 223 Å². The Bertz CT molecular complexity index is 1810. The number of hydrogen-bond donors (Lipinski definition) is 5. The summed E-state index contributed by atoms with van der Waals surface area (Å²) < 4.78 is 2.05. The zero-order valence-electron chi connectivity index (χ0n) is 21.1. The number of nitrogens with zero attached hydrogens (tertiary/aromatic N) is 4. The normalized spacial score (nSPS) is 12.2. The van der Waals surface area contributed by atoms with Gasteiger partial charge >= 0.3 is 5.97 Å². The monoisotopic (exact) mass is 518 g/mol. The van der Waals surface area contributed by atoms with E-state index in [9.17, 15) is 4.79 Å². The van der Waals surface area contributed by atoms with E-state index >= 15 is 0 Å². The molecule has 0 aliphatic carbocycles. The zero-order chi connectivity index (χ0) is 27.1. The van der Waals surface area contributed by atoms with Crippen LogP contribution in [0.25, 0.3) is 22.1 Å². The van der Waals surface area contributed by atoms with Gasteiger partial charge in [0.2, 0.25) is 0 Å². The molecule has 0 saturated heterocycles. The number of carboxylic acid groups (broad SMARTS) is 1. The third-order valence-corrected chi connectivity index (χ3v) is 7.03. The molecule has 3 aromatic carbocycles. The number of fused-ring (bicyclic) bond motifs is 2. The number of nitrogens with one attached hydrogen (secondary N) is 3. The molecule has 0 aliphatic rings. The molecule has 39 heavy (non-hydrogen) atoms. The van der Waals surface area contributed by atoms with Crippen LogP contribution in [0.4, 0.5) is 0 Å². The first-order valence-electron chi connectivity index (χ1n) is 12.5. The van der Waals surface area contributed by atoms with Gasteiger partial charge in [0.15, 0.2) is 0 Å². The Balaban J connectivity index is 1.36. The smallest absolute Gasteiger partial charge is 0.335 e. The number of imidazole rings is 3. The molecule has 194 valence electrons. The molecule has 1 unspecified atom stereocenters. The van der Waals surface area contributed by atoms with Crippen LogP contribution in [0, 0.1) is 12.3 Å². The highest BCUT2D eigenvalue weighted by atomic mass is 16.4. The van der Waals surface area contributed by atoms with E-state index in [1.165, 1.54) is 0 Å². The van der Waals surface area contributed by atoms with E-state index in [4.69, 9.17) is 31.2 Å². The highest BCUT2D eigenvalue weighted by Gasteiger charge is 2.25. The molecule has 0 amide bonds. The van der Waals surface area contributed by atoms with Crippen LogP contribution in [0.3, 0.4) is 0 Å². The molecule has 0 radical (unpaired) electrons. The maximum atomic E-state index is 11.2. The SMILES string of the molecule is Cc1c(CC(c2nc3ccccc3[nH]2)c2nc3cc(C(=N)N)ccc3[nH]2)ncn1Cc1ccc(C(=O)O)cc1. The van der Waals surface area contributed by atoms with Crippen LogP contribution in [0.5, 0.6) is 0 Å². The van der Waals surface area contributed by atoms with Gasteiger partial charge in [-0.25, -0.2) is 19.7 Å². The fraction of sp³-hybridized carbons (Fsp3) is 0.138. The number of H-pyrrole nitrogens is 2. The Morgan fingerprint density at radius 1 is 0.974 bits per heavy atom. The van der Waals surface area contributed by atoms with Crippen molar-refractivity contribution in [2.24, 2.45) is 5.73 Å². The lowest BCUT2D eigenvalue weighted by Gasteiger charge is -2.12. The molecule has 3 aromatic heterocycles. The average molecular weight is 519 g/mol. The van der Waals surface area contributed by atoms with Gasteiger partial charge in [0.1, 0.15) is 17.5 Å². The number of aromatic carboxylic acids is 1. The van der Waals surface area contributed by atoms with E-state index in [2.05, 4.69) is 14.5 Å². The van der Waals surface area contributed by atoms with E-state index < -0.39 is 5.97 Å². The molecule has 1 atom stereocenters. The molecule has 6 rings (SSSR count). The van der Waals surface area contributed by atoms with Gasteiger partial charge in [0, 0.05) is 24.2 Å². The molecule has 6 aromatic rings. The molecule has 6 N–H and O–H groups in total. The number of nitrogens with two attached hydrogens (primary N) is 1. The van der Waals surface area contributed by atoms with Crippen molar-refractivity contribution in [2.45, 2.75) is 25.8 Å². The number of hydrogen-bond acceptors (Lipinski definition) is 5. The van der Waals surface area contributed by atoms with Crippen molar-refractivity contribution < 1.29 is 9.90 Å². The van der Waals surface area contributed by atoms with Crippen molar-refractivity contribution in [3.8, 4) is 0 Å². The minimum Gasteiger partial charge on any atom is -0.478 e. The Morgan fingerprint density at radius 3 is 2.33 bits per heavy atom. The number of nitrogen functional groups attached to an aromatic ring is 1. The Hall–Kier alpha value is -5.25. The average Bonchev–Trinajstić information content (AvgIpc) is 3.64. The fourth-order valence-corrected chi connectivity index (χ4v) is 4.81. The fourth-order valence-electron chi connectivity index (χ4n) is 4.81. The molecule has 10 nitrogen and oxygen atoms in total. The number of benzene rings is 3. The molecule has 0 fully saturated rings. The topological polar surface area (TPSA) is 162 Å². The summed E-state index contributed by atoms with van der Waals surface area (Å²) in [5.74, 6) is 0.335. The highest BCUT2D eigenvalue weighted by Crippen LogP contribution is 2.29. The summed E-state index contributed by atoms with van der Waals surface area (Å²) >= 11 is 0. The van der Waals surface area contributed by atoms with E-state index in [-0.39, 0.29) is 17.3 Å². The molecular formula is C29H26N8O2. The molecular weight excluding hydrogens is 492 g/mol. The van der Waals surface area contributed by atoms with Crippen LogP contribution in [0.1, 0.15) is 50.4 Å². The van der Waals surface area contributed by atoms with E-state index in [1.54, 1.807) is 18.2 Å². The van der Waals surface area contributed by atoms with Gasteiger partial charge in [-0.05, 0) is 55.0 Å². The third kappa shape index (κ3) is 4.63. The van der Waals surface area contributed by atoms with Crippen LogP contribution in [0.15, 0.2) is 73.1 Å². The number of para-hydroxylation sites is 2. The number of amidine groups is 1. The van der Waals surface area contributed by atoms with Crippen LogP contribution in [-0.2, 0) is 13.0 Å². The second kappa shape index (κ2) is 9.56. The van der Waals surface area contributed by atoms with E-state index in [0.29, 0.717) is 18.5 Å². The summed E-state index contributed by atoms with van der Waals surface area (Å²) in [5, 5.41) is 16.9. The molecule has 0 bridgehead atoms. The van der Waals surface area contributed by atoms with Gasteiger partial charge < -0.3 is 25.4 Å². The quantitative estimate of drug-likeness (QED) is 0.149. The van der Waals surface area contributed by atoms with E-state index in [1.807, 2.05) is 61.8 Å². The molecule has 0 aliphatic heterocycles. The first-order chi connectivity index (χ1) is 18.9. The molecule has 0 saturated carbocycles. The van der Waals surface area contributed by atoms with Crippen molar-refractivity contribution >= 4 is 33.9 Å². The number of carbonyl (C=O) groups is 1. The third-order valence-electron chi connectivity index (χ3n) is 7.03. The van der Waals surface area contributed by atoms with Crippen molar-refractivity contribution in [1.29, 1.82) is 5.41 Å². The minimum absolute atomic E-state index is 0.00551. The minimum atomic E-state index is -0.942. The van der Waals surface area contributed by atoms with Crippen LogP contribution < -0.4 is 5.73 Å². The number of aromatic nitrogens is 6. The Morgan fingerprint density at radius 2 is 1.64 bits per heavy atom. The maximum Gasteiger partial charge on any atom is 0.335 e. The van der Waals surface area contributed by atoms with Crippen LogP contribution >= 0.6 is 0 Å². The molecule has 0 spiro atoms. The van der Waals surface area contributed by atoms with Gasteiger partial charge in [-0.15, -0.1) is 0 Å². The largest absolute Gasteiger partial charge is 0.478 e. The predicted molar refractivity (Wildman–Crippen MR) is 148 cm³/mol. The second-order valence-electron chi connectivity index (χ2n) is 9.57. The molecule has 3 heterocycles. The van der Waals surface area contributed by atoms with Crippen molar-refractivity contribution in [3.05, 3.63) is 113 Å². The van der Waals surface area contributed by atoms with E-state index in [0.717, 1.165) is 50.7 Å². The van der Waals surface area contributed by atoms with Gasteiger partial charge in [-0.3, -0.25) is 5.41 Å². The predicted octanol–water partition coefficient (Wildman–Crippen LogP) is 4.35. The second-order valence-corrected chi connectivity index (χ2v) is 9.57.